The van der Waals surface area contributed by atoms with Crippen LogP contribution in [0.25, 0.3) is 0 Å². The molecule has 0 unspecified atom stereocenters. The Bertz CT molecular complexity index is 412. The molecule has 0 atom stereocenters. The van der Waals surface area contributed by atoms with Crippen LogP contribution >= 0.6 is 0 Å². The van der Waals surface area contributed by atoms with E-state index >= 15 is 0 Å². The third-order valence-corrected chi connectivity index (χ3v) is 6.48. The number of carboxylic acids is 2. The summed E-state index contributed by atoms with van der Waals surface area (Å²) in [6.45, 7) is 4.44. The Hall–Kier alpha value is -0.0600. The van der Waals surface area contributed by atoms with Crippen LogP contribution in [0.1, 0.15) is 149 Å². The number of hydrogen-bond acceptors (Lipinski definition) is 2. The van der Waals surface area contributed by atoms with E-state index in [0.717, 1.165) is 25.7 Å². The molecule has 0 saturated carbocycles. The predicted octanol–water partition coefficient (Wildman–Crippen LogP) is 7.73. The summed E-state index contributed by atoms with van der Waals surface area (Å²) < 4.78 is 0. The summed E-state index contributed by atoms with van der Waals surface area (Å²) in [5, 5.41) is 19.4. The molecule has 0 aromatic rings. The van der Waals surface area contributed by atoms with Crippen molar-refractivity contribution in [1.82, 2.24) is 0 Å². The minimum absolute atomic E-state index is 0. The summed E-state index contributed by atoms with van der Waals surface area (Å²) in [6, 6.07) is 0. The topological polar surface area (TPSA) is 74.6 Å². The SMILES string of the molecule is CCCCCCCCCCCCC(CCCCCCCCCCC)(C(=O)O)C(=O)O.[NaH]. The van der Waals surface area contributed by atoms with Gasteiger partial charge < -0.3 is 10.2 Å². The van der Waals surface area contributed by atoms with Crippen molar-refractivity contribution in [2.45, 2.75) is 149 Å². The maximum absolute atomic E-state index is 11.8. The van der Waals surface area contributed by atoms with Crippen LogP contribution in [0.15, 0.2) is 0 Å². The van der Waals surface area contributed by atoms with Gasteiger partial charge in [0.2, 0.25) is 0 Å². The third-order valence-electron chi connectivity index (χ3n) is 6.48. The Balaban J connectivity index is 0. The van der Waals surface area contributed by atoms with E-state index in [-0.39, 0.29) is 42.4 Å². The van der Waals surface area contributed by atoms with Gasteiger partial charge in [-0.15, -0.1) is 0 Å². The van der Waals surface area contributed by atoms with Crippen molar-refractivity contribution in [3.63, 3.8) is 0 Å². The van der Waals surface area contributed by atoms with Crippen LogP contribution in [0.5, 0.6) is 0 Å². The van der Waals surface area contributed by atoms with Crippen LogP contribution in [-0.2, 0) is 9.59 Å². The zero-order chi connectivity index (χ0) is 22.5. The van der Waals surface area contributed by atoms with Crippen molar-refractivity contribution in [3.05, 3.63) is 0 Å². The van der Waals surface area contributed by atoms with Crippen molar-refractivity contribution < 1.29 is 19.8 Å². The van der Waals surface area contributed by atoms with E-state index in [4.69, 9.17) is 0 Å². The quantitative estimate of drug-likeness (QED) is 0.0949. The van der Waals surface area contributed by atoms with Crippen molar-refractivity contribution in [2.24, 2.45) is 5.41 Å². The van der Waals surface area contributed by atoms with E-state index in [1.807, 2.05) is 0 Å². The number of carboxylic acid groups (broad SMARTS) is 2. The van der Waals surface area contributed by atoms with Gasteiger partial charge in [-0.05, 0) is 12.8 Å². The molecule has 2 N–H and O–H groups in total. The van der Waals surface area contributed by atoms with Crippen molar-refractivity contribution >= 4 is 41.5 Å². The molecule has 180 valence electrons. The summed E-state index contributed by atoms with van der Waals surface area (Å²) in [5.41, 5.74) is -1.58. The molecule has 0 heterocycles. The Morgan fingerprint density at radius 3 is 0.935 bits per heavy atom. The molecule has 0 aromatic heterocycles. The van der Waals surface area contributed by atoms with E-state index in [1.165, 1.54) is 83.5 Å². The number of aliphatic carboxylic acids is 2. The number of hydrogen-bond donors (Lipinski definition) is 2. The van der Waals surface area contributed by atoms with Gasteiger partial charge in [0, 0.05) is 0 Å². The Morgan fingerprint density at radius 1 is 0.484 bits per heavy atom. The normalized spacial score (nSPS) is 11.3. The van der Waals surface area contributed by atoms with Gasteiger partial charge >= 0.3 is 41.5 Å². The van der Waals surface area contributed by atoms with Crippen LogP contribution in [-0.4, -0.2) is 51.7 Å². The number of unbranched alkanes of at least 4 members (excludes halogenated alkanes) is 17. The fraction of sp³-hybridized carbons (Fsp3) is 0.923. The molecule has 31 heavy (non-hydrogen) atoms. The summed E-state index contributed by atoms with van der Waals surface area (Å²) in [6.07, 6.45) is 22.5. The van der Waals surface area contributed by atoms with E-state index in [1.54, 1.807) is 0 Å². The Labute approximate surface area is 214 Å². The van der Waals surface area contributed by atoms with Gasteiger partial charge in [0.1, 0.15) is 0 Å². The molecule has 0 aliphatic rings. The fourth-order valence-corrected chi connectivity index (χ4v) is 4.30. The van der Waals surface area contributed by atoms with Crippen LogP contribution in [0.4, 0.5) is 0 Å². The van der Waals surface area contributed by atoms with Crippen LogP contribution < -0.4 is 0 Å². The van der Waals surface area contributed by atoms with Crippen LogP contribution in [0.3, 0.4) is 0 Å². The van der Waals surface area contributed by atoms with Gasteiger partial charge in [0.05, 0.1) is 0 Å². The molecule has 0 aliphatic carbocycles. The second-order valence-electron chi connectivity index (χ2n) is 9.20. The van der Waals surface area contributed by atoms with Crippen LogP contribution in [0, 0.1) is 5.41 Å². The Kier molecular flexibility index (Phi) is 24.7. The molecule has 0 amide bonds. The van der Waals surface area contributed by atoms with Crippen molar-refractivity contribution in [1.29, 1.82) is 0 Å². The molecule has 0 aliphatic heterocycles. The van der Waals surface area contributed by atoms with Gasteiger partial charge in [0.25, 0.3) is 0 Å². The maximum atomic E-state index is 11.8. The molecule has 0 bridgehead atoms. The first kappa shape index (κ1) is 33.1. The molecule has 0 fully saturated rings. The third kappa shape index (κ3) is 17.1. The van der Waals surface area contributed by atoms with E-state index in [9.17, 15) is 19.8 Å². The monoisotopic (exact) mass is 450 g/mol. The average molecular weight is 451 g/mol. The molecule has 0 radical (unpaired) electrons. The summed E-state index contributed by atoms with van der Waals surface area (Å²) in [7, 11) is 0. The van der Waals surface area contributed by atoms with Crippen molar-refractivity contribution in [2.75, 3.05) is 0 Å². The minimum atomic E-state index is -1.58. The fourth-order valence-electron chi connectivity index (χ4n) is 4.30. The first-order chi connectivity index (χ1) is 14.5. The van der Waals surface area contributed by atoms with Gasteiger partial charge in [-0.25, -0.2) is 0 Å². The predicted molar refractivity (Wildman–Crippen MR) is 133 cm³/mol. The molecular weight excluding hydrogens is 399 g/mol. The molecular formula is C26H51NaO4. The first-order valence-electron chi connectivity index (χ1n) is 13.0. The van der Waals surface area contributed by atoms with Crippen LogP contribution in [0.2, 0.25) is 0 Å². The van der Waals surface area contributed by atoms with Crippen molar-refractivity contribution in [3.8, 4) is 0 Å². The van der Waals surface area contributed by atoms with E-state index in [0.29, 0.717) is 12.8 Å². The average Bonchev–Trinajstić information content (AvgIpc) is 2.71. The van der Waals surface area contributed by atoms with Gasteiger partial charge in [-0.1, -0.05) is 136 Å². The summed E-state index contributed by atoms with van der Waals surface area (Å²) in [4.78, 5) is 23.7. The second kappa shape index (κ2) is 23.1. The zero-order valence-electron chi connectivity index (χ0n) is 20.1. The van der Waals surface area contributed by atoms with E-state index < -0.39 is 17.4 Å². The molecule has 5 heteroatoms. The molecule has 0 aromatic carbocycles. The molecule has 0 spiro atoms. The van der Waals surface area contributed by atoms with Gasteiger partial charge in [-0.3, -0.25) is 9.59 Å². The Morgan fingerprint density at radius 2 is 0.710 bits per heavy atom. The van der Waals surface area contributed by atoms with E-state index in [2.05, 4.69) is 13.8 Å². The summed E-state index contributed by atoms with van der Waals surface area (Å²) in [5.74, 6) is -2.30. The van der Waals surface area contributed by atoms with Gasteiger partial charge in [-0.2, -0.15) is 0 Å². The first-order valence-corrected chi connectivity index (χ1v) is 13.0. The van der Waals surface area contributed by atoms with Gasteiger partial charge in [0.15, 0.2) is 5.41 Å². The number of carbonyl (C=O) groups is 2. The zero-order valence-corrected chi connectivity index (χ0v) is 20.1. The summed E-state index contributed by atoms with van der Waals surface area (Å²) >= 11 is 0. The second-order valence-corrected chi connectivity index (χ2v) is 9.20. The molecule has 0 saturated heterocycles. The molecule has 0 rings (SSSR count). The standard InChI is InChI=1S/C26H50O4.Na.H/c1-3-5-7-9-11-13-15-17-19-21-23-26(24(27)28,25(29)30)22-20-18-16-14-12-10-8-6-4-2;;/h3-23H2,1-2H3,(H,27,28)(H,29,30);;. The number of rotatable bonds is 23. The molecule has 4 nitrogen and oxygen atoms in total.